The van der Waals surface area contributed by atoms with Crippen molar-refractivity contribution in [1.29, 1.82) is 0 Å². The average Bonchev–Trinajstić information content (AvgIpc) is 2.54. The first-order valence-corrected chi connectivity index (χ1v) is 7.45. The fraction of sp³-hybridized carbons (Fsp3) is 0.125. The van der Waals surface area contributed by atoms with Crippen LogP contribution in [0.5, 0.6) is 23.0 Å². The molecule has 0 saturated carbocycles. The van der Waals surface area contributed by atoms with Gasteiger partial charge >= 0.3 is 5.97 Å². The summed E-state index contributed by atoms with van der Waals surface area (Å²) in [5, 5.41) is 38.6. The van der Waals surface area contributed by atoms with Crippen molar-refractivity contribution < 1.29 is 34.8 Å². The summed E-state index contributed by atoms with van der Waals surface area (Å²) in [6.07, 6.45) is 0. The molecule has 25 heavy (non-hydrogen) atoms. The van der Waals surface area contributed by atoms with Gasteiger partial charge < -0.3 is 25.2 Å². The van der Waals surface area contributed by atoms with Gasteiger partial charge in [0.1, 0.15) is 22.8 Å². The van der Waals surface area contributed by atoms with E-state index in [9.17, 15) is 30.0 Å². The number of carboxylic acid groups (broad SMARTS) is 1. The highest BCUT2D eigenvalue weighted by Crippen LogP contribution is 2.45. The Morgan fingerprint density at radius 2 is 1.64 bits per heavy atom. The molecule has 0 heterocycles. The Hall–Kier alpha value is -2.64. The minimum absolute atomic E-state index is 0.0520. The fourth-order valence-electron chi connectivity index (χ4n) is 2.32. The van der Waals surface area contributed by atoms with Crippen molar-refractivity contribution in [3.8, 4) is 23.0 Å². The van der Waals surface area contributed by atoms with Gasteiger partial charge in [-0.25, -0.2) is 4.79 Å². The quantitative estimate of drug-likeness (QED) is 0.593. The number of rotatable bonds is 4. The Bertz CT molecular complexity index is 906. The summed E-state index contributed by atoms with van der Waals surface area (Å²) in [4.78, 5) is 24.2. The van der Waals surface area contributed by atoms with Crippen LogP contribution in [0.25, 0.3) is 0 Å². The molecule has 0 fully saturated rings. The lowest BCUT2D eigenvalue weighted by molar-refractivity contribution is 0.0691. The minimum Gasteiger partial charge on any atom is -0.508 e. The third-order valence-electron chi connectivity index (χ3n) is 3.52. The molecule has 0 unspecified atom stereocenters. The third kappa shape index (κ3) is 3.04. The molecule has 132 valence electrons. The number of carbonyl (C=O) groups is 2. The van der Waals surface area contributed by atoms with Gasteiger partial charge in [-0.05, 0) is 18.6 Å². The van der Waals surface area contributed by atoms with E-state index in [0.29, 0.717) is 0 Å². The van der Waals surface area contributed by atoms with Gasteiger partial charge in [0.25, 0.3) is 0 Å². The molecular weight excluding hydrogens is 375 g/mol. The molecule has 0 aliphatic rings. The van der Waals surface area contributed by atoms with Gasteiger partial charge in [-0.2, -0.15) is 0 Å². The number of halogens is 2. The molecule has 2 aromatic rings. The number of ketones is 1. The van der Waals surface area contributed by atoms with Crippen LogP contribution in [0.3, 0.4) is 0 Å². The molecule has 0 aromatic heterocycles. The van der Waals surface area contributed by atoms with Crippen LogP contribution in [0.1, 0.15) is 31.8 Å². The normalized spacial score (nSPS) is 10.6. The minimum atomic E-state index is -1.57. The average molecular weight is 387 g/mol. The molecule has 0 aliphatic carbocycles. The van der Waals surface area contributed by atoms with Crippen molar-refractivity contribution in [2.75, 3.05) is 7.11 Å². The second-order valence-corrected chi connectivity index (χ2v) is 5.79. The highest BCUT2D eigenvalue weighted by Gasteiger charge is 2.31. The summed E-state index contributed by atoms with van der Waals surface area (Å²) in [6.45, 7) is 1.49. The van der Waals surface area contributed by atoms with Crippen LogP contribution >= 0.6 is 23.2 Å². The lowest BCUT2D eigenvalue weighted by Gasteiger charge is -2.16. The summed E-state index contributed by atoms with van der Waals surface area (Å²) in [7, 11) is 1.19. The number of carbonyl (C=O) groups excluding carboxylic acids is 1. The largest absolute Gasteiger partial charge is 0.508 e. The van der Waals surface area contributed by atoms with Crippen molar-refractivity contribution in [2.45, 2.75) is 6.92 Å². The Balaban J connectivity index is 2.87. The number of phenolic OH excluding ortho intramolecular Hbond substituents is 3. The molecular formula is C16H12Cl2O7. The smallest absolute Gasteiger partial charge is 0.336 e. The molecule has 0 aliphatic heterocycles. The fourth-order valence-corrected chi connectivity index (χ4v) is 2.82. The predicted octanol–water partition coefficient (Wildman–Crippen LogP) is 3.36. The zero-order valence-corrected chi connectivity index (χ0v) is 14.4. The van der Waals surface area contributed by atoms with Gasteiger partial charge in [0.05, 0.1) is 28.3 Å². The number of hydrogen-bond acceptors (Lipinski definition) is 6. The van der Waals surface area contributed by atoms with Gasteiger partial charge in [-0.15, -0.1) is 0 Å². The summed E-state index contributed by atoms with van der Waals surface area (Å²) in [5.74, 6) is -4.91. The van der Waals surface area contributed by atoms with Crippen LogP contribution < -0.4 is 4.74 Å². The Labute approximate surface area is 151 Å². The zero-order chi connectivity index (χ0) is 19.0. The molecule has 7 nitrogen and oxygen atoms in total. The molecule has 0 amide bonds. The number of benzene rings is 2. The highest BCUT2D eigenvalue weighted by atomic mass is 35.5. The van der Waals surface area contributed by atoms with Crippen LogP contribution in [0.4, 0.5) is 0 Å². The molecule has 0 saturated heterocycles. The number of carboxylic acids is 1. The van der Waals surface area contributed by atoms with Crippen molar-refractivity contribution in [2.24, 2.45) is 0 Å². The van der Waals surface area contributed by atoms with Gasteiger partial charge in [-0.1, -0.05) is 23.2 Å². The van der Waals surface area contributed by atoms with E-state index < -0.39 is 45.7 Å². The lowest BCUT2D eigenvalue weighted by atomic mass is 9.94. The maximum Gasteiger partial charge on any atom is 0.336 e. The van der Waals surface area contributed by atoms with Gasteiger partial charge in [0.2, 0.25) is 5.78 Å². The molecule has 2 aromatic carbocycles. The molecule has 9 heteroatoms. The molecule has 0 radical (unpaired) electrons. The molecule has 4 N–H and O–H groups in total. The van der Waals surface area contributed by atoms with Crippen LogP contribution in [0.2, 0.25) is 10.0 Å². The summed E-state index contributed by atoms with van der Waals surface area (Å²) < 4.78 is 5.05. The monoisotopic (exact) mass is 386 g/mol. The van der Waals surface area contributed by atoms with Crippen molar-refractivity contribution in [1.82, 2.24) is 0 Å². The van der Waals surface area contributed by atoms with E-state index in [1.807, 2.05) is 0 Å². The number of ether oxygens (including phenoxy) is 1. The van der Waals surface area contributed by atoms with Crippen LogP contribution in [0, 0.1) is 6.92 Å². The van der Waals surface area contributed by atoms with E-state index in [-0.39, 0.29) is 21.4 Å². The molecule has 0 spiro atoms. The van der Waals surface area contributed by atoms with E-state index in [2.05, 4.69) is 0 Å². The van der Waals surface area contributed by atoms with Gasteiger partial charge in [-0.3, -0.25) is 4.79 Å². The number of hydrogen-bond donors (Lipinski definition) is 4. The first kappa shape index (κ1) is 18.7. The lowest BCUT2D eigenvalue weighted by Crippen LogP contribution is -2.12. The maximum atomic E-state index is 12.9. The van der Waals surface area contributed by atoms with E-state index in [1.165, 1.54) is 14.0 Å². The Morgan fingerprint density at radius 1 is 1.04 bits per heavy atom. The van der Waals surface area contributed by atoms with E-state index in [4.69, 9.17) is 27.9 Å². The maximum absolute atomic E-state index is 12.9. The van der Waals surface area contributed by atoms with Crippen molar-refractivity contribution in [3.05, 3.63) is 44.4 Å². The number of aromatic hydroxyl groups is 3. The predicted molar refractivity (Wildman–Crippen MR) is 89.6 cm³/mol. The highest BCUT2D eigenvalue weighted by molar-refractivity contribution is 6.39. The van der Waals surface area contributed by atoms with E-state index >= 15 is 0 Å². The van der Waals surface area contributed by atoms with Gasteiger partial charge in [0, 0.05) is 6.07 Å². The topological polar surface area (TPSA) is 124 Å². The van der Waals surface area contributed by atoms with E-state index in [0.717, 1.165) is 12.1 Å². The molecule has 0 bridgehead atoms. The van der Waals surface area contributed by atoms with Crippen molar-refractivity contribution in [3.63, 3.8) is 0 Å². The summed E-state index contributed by atoms with van der Waals surface area (Å²) in [5.41, 5.74) is -1.58. The SMILES string of the molecule is COc1c(Cl)c(C)c(Cl)c(O)c1C(=O)c1c(O)cc(O)cc1C(=O)O. The first-order valence-electron chi connectivity index (χ1n) is 6.70. The number of phenols is 3. The molecule has 0 atom stereocenters. The first-order chi connectivity index (χ1) is 11.6. The van der Waals surface area contributed by atoms with Crippen molar-refractivity contribution >= 4 is 35.0 Å². The number of methoxy groups -OCH3 is 1. The molecule has 2 rings (SSSR count). The second kappa shape index (κ2) is 6.70. The van der Waals surface area contributed by atoms with Crippen LogP contribution in [-0.2, 0) is 0 Å². The summed E-state index contributed by atoms with van der Waals surface area (Å²) in [6, 6.07) is 1.58. The number of aromatic carboxylic acids is 1. The van der Waals surface area contributed by atoms with Crippen LogP contribution in [-0.4, -0.2) is 39.3 Å². The standard InChI is InChI=1S/C16H12Cl2O7/c1-5-11(17)14(22)10(15(25-2)12(5)18)13(21)9-7(16(23)24)3-6(19)4-8(9)20/h3-4,19-20,22H,1-2H3,(H,23,24). The Morgan fingerprint density at radius 3 is 2.16 bits per heavy atom. The van der Waals surface area contributed by atoms with Crippen LogP contribution in [0.15, 0.2) is 12.1 Å². The third-order valence-corrected chi connectivity index (χ3v) is 4.44. The Kier molecular flexibility index (Phi) is 5.01. The zero-order valence-electron chi connectivity index (χ0n) is 12.9. The van der Waals surface area contributed by atoms with E-state index in [1.54, 1.807) is 0 Å². The summed E-state index contributed by atoms with van der Waals surface area (Å²) >= 11 is 12.0. The van der Waals surface area contributed by atoms with Gasteiger partial charge in [0.15, 0.2) is 5.75 Å². The second-order valence-electron chi connectivity index (χ2n) is 5.03.